The van der Waals surface area contributed by atoms with Crippen LogP contribution in [0, 0.1) is 6.92 Å². The quantitative estimate of drug-likeness (QED) is 0.607. The summed E-state index contributed by atoms with van der Waals surface area (Å²) in [6.45, 7) is 2.09. The van der Waals surface area contributed by atoms with Crippen LogP contribution in [-0.4, -0.2) is 11.7 Å². The van der Waals surface area contributed by atoms with Crippen molar-refractivity contribution >= 4 is 5.69 Å². The lowest BCUT2D eigenvalue weighted by atomic mass is 10.0. The maximum absolute atomic E-state index is 8.74. The van der Waals surface area contributed by atoms with E-state index in [1.807, 2.05) is 25.1 Å². The van der Waals surface area contributed by atoms with Gasteiger partial charge in [-0.2, -0.15) is 0 Å². The van der Waals surface area contributed by atoms with Crippen LogP contribution >= 0.6 is 0 Å². The molecule has 0 heterocycles. The van der Waals surface area contributed by atoms with E-state index in [4.69, 9.17) is 16.6 Å². The fraction of sp³-hybridized carbons (Fsp3) is 0.400. The van der Waals surface area contributed by atoms with Crippen molar-refractivity contribution in [3.05, 3.63) is 29.3 Å². The maximum atomic E-state index is 8.74. The molecule has 3 heteroatoms. The average Bonchev–Trinajstić information content (AvgIpc) is 2.09. The molecule has 1 atom stereocenters. The molecule has 0 radical (unpaired) electrons. The van der Waals surface area contributed by atoms with Crippen molar-refractivity contribution in [2.75, 3.05) is 12.3 Å². The minimum absolute atomic E-state index is 0.0918. The Morgan fingerprint density at radius 2 is 2.15 bits per heavy atom. The van der Waals surface area contributed by atoms with Gasteiger partial charge in [-0.1, -0.05) is 17.7 Å². The van der Waals surface area contributed by atoms with Gasteiger partial charge in [0, 0.05) is 18.3 Å². The molecule has 0 aliphatic carbocycles. The van der Waals surface area contributed by atoms with Crippen LogP contribution in [0.15, 0.2) is 18.2 Å². The molecule has 0 spiro atoms. The van der Waals surface area contributed by atoms with Crippen LogP contribution in [0.3, 0.4) is 0 Å². The number of aliphatic hydroxyl groups is 1. The van der Waals surface area contributed by atoms with Crippen LogP contribution in [0.1, 0.15) is 23.6 Å². The number of aryl methyl sites for hydroxylation is 1. The molecule has 0 amide bonds. The van der Waals surface area contributed by atoms with E-state index in [0.29, 0.717) is 12.1 Å². The van der Waals surface area contributed by atoms with E-state index in [1.54, 1.807) is 0 Å². The Kier molecular flexibility index (Phi) is 3.28. The van der Waals surface area contributed by atoms with Crippen LogP contribution in [0.4, 0.5) is 5.69 Å². The first-order chi connectivity index (χ1) is 6.15. The van der Waals surface area contributed by atoms with E-state index < -0.39 is 0 Å². The van der Waals surface area contributed by atoms with E-state index in [0.717, 1.165) is 11.1 Å². The number of hydrogen-bond donors (Lipinski definition) is 3. The van der Waals surface area contributed by atoms with Gasteiger partial charge < -0.3 is 16.6 Å². The largest absolute Gasteiger partial charge is 0.398 e. The first kappa shape index (κ1) is 10.0. The number of benzene rings is 1. The Morgan fingerprint density at radius 3 is 2.77 bits per heavy atom. The summed E-state index contributed by atoms with van der Waals surface area (Å²) in [5, 5.41) is 8.74. The van der Waals surface area contributed by atoms with E-state index in [1.165, 1.54) is 0 Å². The van der Waals surface area contributed by atoms with Gasteiger partial charge in [-0.05, 0) is 25.0 Å². The zero-order valence-corrected chi connectivity index (χ0v) is 7.83. The molecule has 13 heavy (non-hydrogen) atoms. The summed E-state index contributed by atoms with van der Waals surface area (Å²) in [7, 11) is 0. The molecule has 1 aromatic carbocycles. The standard InChI is InChI=1S/C10H16N2O/c1-7-2-3-9(11)8(6-7)10(12)4-5-13/h2-3,6,10,13H,4-5,11-12H2,1H3/t10-/m1/s1. The minimum Gasteiger partial charge on any atom is -0.398 e. The van der Waals surface area contributed by atoms with Crippen LogP contribution in [0.25, 0.3) is 0 Å². The second kappa shape index (κ2) is 4.25. The Hall–Kier alpha value is -1.06. The van der Waals surface area contributed by atoms with Gasteiger partial charge >= 0.3 is 0 Å². The summed E-state index contributed by atoms with van der Waals surface area (Å²) in [6.07, 6.45) is 0.549. The van der Waals surface area contributed by atoms with Gasteiger partial charge in [-0.3, -0.25) is 0 Å². The molecule has 0 aromatic heterocycles. The zero-order valence-electron chi connectivity index (χ0n) is 7.83. The van der Waals surface area contributed by atoms with Crippen molar-refractivity contribution in [1.29, 1.82) is 0 Å². The number of nitrogen functional groups attached to an aromatic ring is 1. The molecule has 0 unspecified atom stereocenters. The lowest BCUT2D eigenvalue weighted by molar-refractivity contribution is 0.276. The Bertz CT molecular complexity index is 286. The average molecular weight is 180 g/mol. The predicted molar refractivity (Wildman–Crippen MR) is 54.2 cm³/mol. The molecule has 0 saturated heterocycles. The summed E-state index contributed by atoms with van der Waals surface area (Å²) in [4.78, 5) is 0. The van der Waals surface area contributed by atoms with Gasteiger partial charge in [0.15, 0.2) is 0 Å². The monoisotopic (exact) mass is 180 g/mol. The second-order valence-electron chi connectivity index (χ2n) is 3.25. The molecule has 72 valence electrons. The molecule has 1 rings (SSSR count). The van der Waals surface area contributed by atoms with Crippen LogP contribution in [-0.2, 0) is 0 Å². The third-order valence-corrected chi connectivity index (χ3v) is 2.08. The minimum atomic E-state index is -0.162. The number of rotatable bonds is 3. The van der Waals surface area contributed by atoms with Gasteiger partial charge in [-0.25, -0.2) is 0 Å². The van der Waals surface area contributed by atoms with E-state index in [9.17, 15) is 0 Å². The van der Waals surface area contributed by atoms with Gasteiger partial charge in [0.1, 0.15) is 0 Å². The number of anilines is 1. The molecular weight excluding hydrogens is 164 g/mol. The molecule has 0 saturated carbocycles. The zero-order chi connectivity index (χ0) is 9.84. The highest BCUT2D eigenvalue weighted by Gasteiger charge is 2.08. The molecule has 5 N–H and O–H groups in total. The Balaban J connectivity index is 2.91. The smallest absolute Gasteiger partial charge is 0.0449 e. The molecule has 0 aliphatic rings. The highest BCUT2D eigenvalue weighted by Crippen LogP contribution is 2.21. The number of aliphatic hydroxyl groups excluding tert-OH is 1. The lowest BCUT2D eigenvalue weighted by Gasteiger charge is -2.13. The Labute approximate surface area is 78.4 Å². The van der Waals surface area contributed by atoms with Crippen LogP contribution in [0.5, 0.6) is 0 Å². The molecule has 0 bridgehead atoms. The van der Waals surface area contributed by atoms with Gasteiger partial charge in [0.05, 0.1) is 0 Å². The fourth-order valence-electron chi connectivity index (χ4n) is 1.31. The SMILES string of the molecule is Cc1ccc(N)c([C@H](N)CCO)c1. The second-order valence-corrected chi connectivity index (χ2v) is 3.25. The van der Waals surface area contributed by atoms with Crippen molar-refractivity contribution in [2.24, 2.45) is 5.73 Å². The highest BCUT2D eigenvalue weighted by atomic mass is 16.3. The maximum Gasteiger partial charge on any atom is 0.0449 e. The van der Waals surface area contributed by atoms with Gasteiger partial charge in [0.2, 0.25) is 0 Å². The third kappa shape index (κ3) is 2.44. The molecule has 0 aliphatic heterocycles. The first-order valence-corrected chi connectivity index (χ1v) is 4.37. The number of hydrogen-bond acceptors (Lipinski definition) is 3. The third-order valence-electron chi connectivity index (χ3n) is 2.08. The summed E-state index contributed by atoms with van der Waals surface area (Å²) in [5.74, 6) is 0. The summed E-state index contributed by atoms with van der Waals surface area (Å²) < 4.78 is 0. The summed E-state index contributed by atoms with van der Waals surface area (Å²) >= 11 is 0. The van der Waals surface area contributed by atoms with Crippen molar-refractivity contribution in [1.82, 2.24) is 0 Å². The first-order valence-electron chi connectivity index (χ1n) is 4.37. The number of nitrogens with two attached hydrogens (primary N) is 2. The van der Waals surface area contributed by atoms with Crippen molar-refractivity contribution in [3.63, 3.8) is 0 Å². The summed E-state index contributed by atoms with van der Waals surface area (Å²) in [6, 6.07) is 5.60. The highest BCUT2D eigenvalue weighted by molar-refractivity contribution is 5.49. The van der Waals surface area contributed by atoms with E-state index in [2.05, 4.69) is 0 Å². The molecule has 0 fully saturated rings. The van der Waals surface area contributed by atoms with E-state index in [-0.39, 0.29) is 12.6 Å². The van der Waals surface area contributed by atoms with Crippen molar-refractivity contribution < 1.29 is 5.11 Å². The fourth-order valence-corrected chi connectivity index (χ4v) is 1.31. The summed E-state index contributed by atoms with van der Waals surface area (Å²) in [5.41, 5.74) is 14.4. The lowest BCUT2D eigenvalue weighted by Crippen LogP contribution is -2.14. The Morgan fingerprint density at radius 1 is 1.46 bits per heavy atom. The molecule has 3 nitrogen and oxygen atoms in total. The van der Waals surface area contributed by atoms with Gasteiger partial charge in [-0.15, -0.1) is 0 Å². The topological polar surface area (TPSA) is 72.3 Å². The van der Waals surface area contributed by atoms with Crippen molar-refractivity contribution in [2.45, 2.75) is 19.4 Å². The van der Waals surface area contributed by atoms with Crippen molar-refractivity contribution in [3.8, 4) is 0 Å². The normalized spacial score (nSPS) is 12.8. The molecule has 1 aromatic rings. The van der Waals surface area contributed by atoms with E-state index >= 15 is 0 Å². The predicted octanol–water partition coefficient (Wildman–Crippen LogP) is 0.959. The van der Waals surface area contributed by atoms with Crippen LogP contribution < -0.4 is 11.5 Å². The molecular formula is C10H16N2O. The van der Waals surface area contributed by atoms with Gasteiger partial charge in [0.25, 0.3) is 0 Å². The van der Waals surface area contributed by atoms with Crippen LogP contribution in [0.2, 0.25) is 0 Å².